The summed E-state index contributed by atoms with van der Waals surface area (Å²) in [6, 6.07) is 3.00. The number of tetrazole rings is 1. The molecule has 2 aromatic rings. The molecule has 0 spiro atoms. The average Bonchev–Trinajstić information content (AvgIpc) is 2.84. The molecule has 1 N–H and O–H groups in total. The SMILES string of the molecule is CC(C)C(C(=O)O)n1nnnc1-c1cccs1. The minimum absolute atomic E-state index is 0.0882. The standard InChI is InChI=1S/C10H12N4O2S/c1-6(2)8(10(15)16)14-9(11-12-13-14)7-4-3-5-17-7/h3-6,8H,1-2H3,(H,15,16). The predicted octanol–water partition coefficient (Wildman–Crippen LogP) is 1.68. The number of carbonyl (C=O) groups is 1. The van der Waals surface area contributed by atoms with E-state index in [2.05, 4.69) is 15.5 Å². The highest BCUT2D eigenvalue weighted by Gasteiger charge is 2.28. The summed E-state index contributed by atoms with van der Waals surface area (Å²) in [5, 5.41) is 22.4. The van der Waals surface area contributed by atoms with Gasteiger partial charge in [0, 0.05) is 0 Å². The van der Waals surface area contributed by atoms with Crippen molar-refractivity contribution < 1.29 is 9.90 Å². The molecular weight excluding hydrogens is 240 g/mol. The maximum absolute atomic E-state index is 11.2. The Balaban J connectivity index is 2.46. The van der Waals surface area contributed by atoms with Crippen molar-refractivity contribution in [1.29, 1.82) is 0 Å². The van der Waals surface area contributed by atoms with Gasteiger partial charge in [0.2, 0.25) is 0 Å². The van der Waals surface area contributed by atoms with Crippen molar-refractivity contribution in [3.05, 3.63) is 17.5 Å². The molecule has 1 unspecified atom stereocenters. The number of hydrogen-bond acceptors (Lipinski definition) is 5. The number of hydrogen-bond donors (Lipinski definition) is 1. The number of thiophene rings is 1. The zero-order chi connectivity index (χ0) is 12.4. The maximum Gasteiger partial charge on any atom is 0.328 e. The van der Waals surface area contributed by atoms with Crippen LogP contribution in [0.2, 0.25) is 0 Å². The zero-order valence-electron chi connectivity index (χ0n) is 9.44. The van der Waals surface area contributed by atoms with Gasteiger partial charge >= 0.3 is 5.97 Å². The molecule has 0 bridgehead atoms. The van der Waals surface area contributed by atoms with Crippen molar-refractivity contribution in [1.82, 2.24) is 20.2 Å². The molecule has 2 aromatic heterocycles. The summed E-state index contributed by atoms with van der Waals surface area (Å²) >= 11 is 1.48. The van der Waals surface area contributed by atoms with Gasteiger partial charge in [0.1, 0.15) is 0 Å². The van der Waals surface area contributed by atoms with Gasteiger partial charge in [-0.15, -0.1) is 16.4 Å². The molecule has 2 heterocycles. The summed E-state index contributed by atoms with van der Waals surface area (Å²) in [5.74, 6) is -0.513. The lowest BCUT2D eigenvalue weighted by Crippen LogP contribution is -2.25. The fourth-order valence-electron chi connectivity index (χ4n) is 1.62. The molecular formula is C10H12N4O2S. The van der Waals surface area contributed by atoms with E-state index in [1.54, 1.807) is 0 Å². The van der Waals surface area contributed by atoms with Crippen LogP contribution in [-0.4, -0.2) is 31.3 Å². The van der Waals surface area contributed by atoms with Crippen LogP contribution in [0.3, 0.4) is 0 Å². The lowest BCUT2D eigenvalue weighted by Gasteiger charge is -2.16. The number of nitrogens with zero attached hydrogens (tertiary/aromatic N) is 4. The molecule has 0 aliphatic heterocycles. The monoisotopic (exact) mass is 252 g/mol. The Morgan fingerprint density at radius 1 is 1.53 bits per heavy atom. The highest BCUT2D eigenvalue weighted by Crippen LogP contribution is 2.26. The summed E-state index contributed by atoms with van der Waals surface area (Å²) in [6.45, 7) is 3.66. The third kappa shape index (κ3) is 2.19. The Morgan fingerprint density at radius 2 is 2.29 bits per heavy atom. The van der Waals surface area contributed by atoms with Crippen LogP contribution in [0.15, 0.2) is 17.5 Å². The molecule has 17 heavy (non-hydrogen) atoms. The normalized spacial score (nSPS) is 12.9. The Morgan fingerprint density at radius 3 is 2.82 bits per heavy atom. The molecule has 1 atom stereocenters. The van der Waals surface area contributed by atoms with Gasteiger partial charge in [-0.3, -0.25) is 0 Å². The van der Waals surface area contributed by atoms with E-state index >= 15 is 0 Å². The molecule has 6 nitrogen and oxygen atoms in total. The van der Waals surface area contributed by atoms with Crippen LogP contribution in [0, 0.1) is 5.92 Å². The molecule has 2 rings (SSSR count). The number of aromatic nitrogens is 4. The molecule has 0 saturated carbocycles. The van der Waals surface area contributed by atoms with Gasteiger partial charge in [0.05, 0.1) is 4.88 Å². The molecule has 0 amide bonds. The summed E-state index contributed by atoms with van der Waals surface area (Å²) in [4.78, 5) is 12.1. The topological polar surface area (TPSA) is 80.9 Å². The van der Waals surface area contributed by atoms with E-state index in [4.69, 9.17) is 0 Å². The molecule has 0 aromatic carbocycles. The van der Waals surface area contributed by atoms with Crippen molar-refractivity contribution in [2.75, 3.05) is 0 Å². The van der Waals surface area contributed by atoms with Gasteiger partial charge in [0.15, 0.2) is 11.9 Å². The van der Waals surface area contributed by atoms with E-state index in [-0.39, 0.29) is 5.92 Å². The van der Waals surface area contributed by atoms with Crippen molar-refractivity contribution in [2.24, 2.45) is 5.92 Å². The predicted molar refractivity (Wildman–Crippen MR) is 62.6 cm³/mol. The Bertz CT molecular complexity index is 506. The minimum Gasteiger partial charge on any atom is -0.480 e. The molecule has 0 fully saturated rings. The third-order valence-electron chi connectivity index (χ3n) is 2.38. The first-order chi connectivity index (χ1) is 8.11. The second kappa shape index (κ2) is 4.62. The second-order valence-corrected chi connectivity index (χ2v) is 4.90. The number of aliphatic carboxylic acids is 1. The first-order valence-corrected chi connectivity index (χ1v) is 6.03. The molecule has 7 heteroatoms. The lowest BCUT2D eigenvalue weighted by molar-refractivity contribution is -0.142. The Labute approximate surface area is 102 Å². The fraction of sp³-hybridized carbons (Fsp3) is 0.400. The summed E-state index contributed by atoms with van der Waals surface area (Å²) < 4.78 is 1.37. The molecule has 90 valence electrons. The van der Waals surface area contributed by atoms with Crippen LogP contribution in [0.4, 0.5) is 0 Å². The highest BCUT2D eigenvalue weighted by molar-refractivity contribution is 7.13. The zero-order valence-corrected chi connectivity index (χ0v) is 10.3. The van der Waals surface area contributed by atoms with Crippen LogP contribution in [0.25, 0.3) is 10.7 Å². The highest BCUT2D eigenvalue weighted by atomic mass is 32.1. The van der Waals surface area contributed by atoms with E-state index in [0.717, 1.165) is 4.88 Å². The van der Waals surface area contributed by atoms with Crippen molar-refractivity contribution in [3.63, 3.8) is 0 Å². The van der Waals surface area contributed by atoms with Gasteiger partial charge in [0.25, 0.3) is 0 Å². The van der Waals surface area contributed by atoms with Crippen LogP contribution in [0.1, 0.15) is 19.9 Å². The molecule has 0 saturated heterocycles. The third-order valence-corrected chi connectivity index (χ3v) is 3.25. The van der Waals surface area contributed by atoms with E-state index in [1.165, 1.54) is 16.0 Å². The first kappa shape index (κ1) is 11.7. The summed E-state index contributed by atoms with van der Waals surface area (Å²) in [5.41, 5.74) is 0. The van der Waals surface area contributed by atoms with E-state index in [9.17, 15) is 9.90 Å². The Hall–Kier alpha value is -1.76. The summed E-state index contributed by atoms with van der Waals surface area (Å²) in [6.07, 6.45) is 0. The van der Waals surface area contributed by atoms with Crippen LogP contribution < -0.4 is 0 Å². The Kier molecular flexibility index (Phi) is 3.19. The van der Waals surface area contributed by atoms with Gasteiger partial charge < -0.3 is 5.11 Å². The second-order valence-electron chi connectivity index (χ2n) is 3.95. The number of carboxylic acid groups (broad SMARTS) is 1. The van der Waals surface area contributed by atoms with E-state index in [1.807, 2.05) is 31.4 Å². The molecule has 0 aliphatic carbocycles. The largest absolute Gasteiger partial charge is 0.480 e. The maximum atomic E-state index is 11.2. The lowest BCUT2D eigenvalue weighted by atomic mass is 10.1. The average molecular weight is 252 g/mol. The smallest absolute Gasteiger partial charge is 0.328 e. The van der Waals surface area contributed by atoms with Crippen LogP contribution in [-0.2, 0) is 4.79 Å². The van der Waals surface area contributed by atoms with Gasteiger partial charge in [-0.25, -0.2) is 9.48 Å². The van der Waals surface area contributed by atoms with E-state index < -0.39 is 12.0 Å². The van der Waals surface area contributed by atoms with Crippen molar-refractivity contribution >= 4 is 17.3 Å². The number of carboxylic acids is 1. The van der Waals surface area contributed by atoms with Crippen molar-refractivity contribution in [3.8, 4) is 10.7 Å². The van der Waals surface area contributed by atoms with Crippen molar-refractivity contribution in [2.45, 2.75) is 19.9 Å². The number of rotatable bonds is 4. The molecule has 0 radical (unpaired) electrons. The van der Waals surface area contributed by atoms with Gasteiger partial charge in [-0.1, -0.05) is 19.9 Å². The van der Waals surface area contributed by atoms with E-state index in [0.29, 0.717) is 5.82 Å². The first-order valence-electron chi connectivity index (χ1n) is 5.16. The summed E-state index contributed by atoms with van der Waals surface area (Å²) in [7, 11) is 0. The fourth-order valence-corrected chi connectivity index (χ4v) is 2.32. The van der Waals surface area contributed by atoms with Gasteiger partial charge in [-0.2, -0.15) is 0 Å². The van der Waals surface area contributed by atoms with Crippen LogP contribution >= 0.6 is 11.3 Å². The quantitative estimate of drug-likeness (QED) is 0.895. The minimum atomic E-state index is -0.926. The molecule has 0 aliphatic rings. The van der Waals surface area contributed by atoms with Crippen LogP contribution in [0.5, 0.6) is 0 Å². The van der Waals surface area contributed by atoms with Gasteiger partial charge in [-0.05, 0) is 27.8 Å².